The molecule has 84 valence electrons. The molecular formula is C14H18N2. The van der Waals surface area contributed by atoms with Crippen molar-refractivity contribution >= 4 is 10.9 Å². The van der Waals surface area contributed by atoms with Crippen molar-refractivity contribution < 1.29 is 0 Å². The van der Waals surface area contributed by atoms with Crippen LogP contribution in [0.2, 0.25) is 0 Å². The number of aromatic amines is 1. The molecule has 2 heteroatoms. The Balaban J connectivity index is 1.80. The average Bonchev–Trinajstić information content (AvgIpc) is 3.04. The fourth-order valence-electron chi connectivity index (χ4n) is 2.35. The van der Waals surface area contributed by atoms with Gasteiger partial charge in [0.05, 0.1) is 0 Å². The van der Waals surface area contributed by atoms with E-state index in [4.69, 9.17) is 0 Å². The van der Waals surface area contributed by atoms with E-state index in [0.717, 1.165) is 19.0 Å². The van der Waals surface area contributed by atoms with Crippen LogP contribution >= 0.6 is 0 Å². The Labute approximate surface area is 96.1 Å². The van der Waals surface area contributed by atoms with Gasteiger partial charge < -0.3 is 10.3 Å². The van der Waals surface area contributed by atoms with Gasteiger partial charge in [-0.3, -0.25) is 0 Å². The van der Waals surface area contributed by atoms with Gasteiger partial charge in [-0.25, -0.2) is 0 Å². The van der Waals surface area contributed by atoms with Gasteiger partial charge in [0.15, 0.2) is 0 Å². The maximum absolute atomic E-state index is 3.57. The summed E-state index contributed by atoms with van der Waals surface area (Å²) in [5.74, 6) is 0. The lowest BCUT2D eigenvalue weighted by atomic mass is 10.1. The molecule has 0 radical (unpaired) electrons. The molecule has 2 N–H and O–H groups in total. The molecule has 3 rings (SSSR count). The van der Waals surface area contributed by atoms with Gasteiger partial charge in [0.2, 0.25) is 0 Å². The Kier molecular flexibility index (Phi) is 2.44. The first kappa shape index (κ1) is 9.91. The summed E-state index contributed by atoms with van der Waals surface area (Å²) in [4.78, 5) is 3.45. The topological polar surface area (TPSA) is 27.8 Å². The van der Waals surface area contributed by atoms with Crippen LogP contribution in [0, 0.1) is 6.92 Å². The van der Waals surface area contributed by atoms with E-state index < -0.39 is 0 Å². The Bertz CT molecular complexity index is 494. The molecular weight excluding hydrogens is 196 g/mol. The highest BCUT2D eigenvalue weighted by atomic mass is 14.9. The molecule has 0 aliphatic heterocycles. The van der Waals surface area contributed by atoms with E-state index in [1.165, 1.54) is 35.0 Å². The number of fused-ring (bicyclic) bond motifs is 1. The third-order valence-corrected chi connectivity index (χ3v) is 3.41. The second-order valence-corrected chi connectivity index (χ2v) is 4.75. The molecule has 1 aliphatic rings. The van der Waals surface area contributed by atoms with Crippen LogP contribution < -0.4 is 5.32 Å². The Hall–Kier alpha value is -1.28. The molecule has 0 atom stereocenters. The van der Waals surface area contributed by atoms with Crippen molar-refractivity contribution in [3.8, 4) is 0 Å². The van der Waals surface area contributed by atoms with E-state index in [0.29, 0.717) is 0 Å². The van der Waals surface area contributed by atoms with Crippen molar-refractivity contribution in [2.75, 3.05) is 6.54 Å². The molecule has 1 aromatic heterocycles. The number of rotatable bonds is 4. The molecule has 1 aromatic carbocycles. The van der Waals surface area contributed by atoms with Crippen molar-refractivity contribution in [3.05, 3.63) is 35.5 Å². The van der Waals surface area contributed by atoms with E-state index in [-0.39, 0.29) is 0 Å². The molecule has 1 saturated carbocycles. The number of H-pyrrole nitrogens is 1. The number of para-hydroxylation sites is 1. The zero-order valence-corrected chi connectivity index (χ0v) is 9.72. The van der Waals surface area contributed by atoms with Crippen molar-refractivity contribution in [2.45, 2.75) is 32.2 Å². The van der Waals surface area contributed by atoms with Crippen molar-refractivity contribution in [1.82, 2.24) is 10.3 Å². The van der Waals surface area contributed by atoms with Gasteiger partial charge in [-0.2, -0.15) is 0 Å². The average molecular weight is 214 g/mol. The minimum Gasteiger partial charge on any atom is -0.358 e. The number of hydrogen-bond donors (Lipinski definition) is 2. The van der Waals surface area contributed by atoms with Gasteiger partial charge in [-0.05, 0) is 44.4 Å². The van der Waals surface area contributed by atoms with Gasteiger partial charge >= 0.3 is 0 Å². The van der Waals surface area contributed by atoms with Crippen LogP contribution in [0.25, 0.3) is 10.9 Å². The normalized spacial score (nSPS) is 15.8. The molecule has 0 bridgehead atoms. The quantitative estimate of drug-likeness (QED) is 0.804. The van der Waals surface area contributed by atoms with Gasteiger partial charge in [0, 0.05) is 22.6 Å². The molecule has 1 fully saturated rings. The highest BCUT2D eigenvalue weighted by Gasteiger charge is 2.20. The molecule has 2 aromatic rings. The fourth-order valence-corrected chi connectivity index (χ4v) is 2.35. The lowest BCUT2D eigenvalue weighted by Gasteiger charge is -2.03. The summed E-state index contributed by atoms with van der Waals surface area (Å²) in [6.45, 7) is 3.28. The second-order valence-electron chi connectivity index (χ2n) is 4.75. The first-order valence-corrected chi connectivity index (χ1v) is 6.14. The number of aryl methyl sites for hydroxylation is 1. The maximum atomic E-state index is 3.57. The minimum absolute atomic E-state index is 0.811. The van der Waals surface area contributed by atoms with Crippen LogP contribution in [0.1, 0.15) is 24.1 Å². The summed E-state index contributed by atoms with van der Waals surface area (Å²) in [6.07, 6.45) is 3.87. The molecule has 0 unspecified atom stereocenters. The summed E-state index contributed by atoms with van der Waals surface area (Å²) in [6, 6.07) is 9.38. The van der Waals surface area contributed by atoms with E-state index in [1.54, 1.807) is 0 Å². The monoisotopic (exact) mass is 214 g/mol. The zero-order valence-electron chi connectivity index (χ0n) is 9.72. The number of nitrogens with one attached hydrogen (secondary N) is 2. The molecule has 2 nitrogen and oxygen atoms in total. The van der Waals surface area contributed by atoms with E-state index >= 15 is 0 Å². The van der Waals surface area contributed by atoms with Crippen LogP contribution in [0.15, 0.2) is 24.3 Å². The first-order chi connectivity index (χ1) is 7.84. The van der Waals surface area contributed by atoms with Crippen molar-refractivity contribution in [1.29, 1.82) is 0 Å². The van der Waals surface area contributed by atoms with Crippen molar-refractivity contribution in [3.63, 3.8) is 0 Å². The molecule has 0 spiro atoms. The summed E-state index contributed by atoms with van der Waals surface area (Å²) in [5.41, 5.74) is 4.06. The Morgan fingerprint density at radius 3 is 2.94 bits per heavy atom. The predicted molar refractivity (Wildman–Crippen MR) is 67.8 cm³/mol. The first-order valence-electron chi connectivity index (χ1n) is 6.14. The highest BCUT2D eigenvalue weighted by Crippen LogP contribution is 2.23. The standard InChI is InChI=1S/C14H18N2/c1-10-12(8-9-15-11-6-7-11)13-4-2-3-5-14(13)16-10/h2-5,11,15-16H,6-9H2,1H3. The van der Waals surface area contributed by atoms with Gasteiger partial charge in [-0.15, -0.1) is 0 Å². The lowest BCUT2D eigenvalue weighted by Crippen LogP contribution is -2.19. The highest BCUT2D eigenvalue weighted by molar-refractivity contribution is 5.84. The molecule has 0 saturated heterocycles. The lowest BCUT2D eigenvalue weighted by molar-refractivity contribution is 0.682. The van der Waals surface area contributed by atoms with Crippen LogP contribution in [-0.2, 0) is 6.42 Å². The van der Waals surface area contributed by atoms with Gasteiger partial charge in [0.25, 0.3) is 0 Å². The molecule has 0 amide bonds. The summed E-state index contributed by atoms with van der Waals surface area (Å²) in [7, 11) is 0. The SMILES string of the molecule is Cc1[nH]c2ccccc2c1CCNC1CC1. The Morgan fingerprint density at radius 2 is 2.12 bits per heavy atom. The predicted octanol–water partition coefficient (Wildman–Crippen LogP) is 2.77. The number of aromatic nitrogens is 1. The Morgan fingerprint density at radius 1 is 1.31 bits per heavy atom. The van der Waals surface area contributed by atoms with Crippen LogP contribution in [0.5, 0.6) is 0 Å². The zero-order chi connectivity index (χ0) is 11.0. The van der Waals surface area contributed by atoms with Gasteiger partial charge in [0.1, 0.15) is 0 Å². The molecule has 16 heavy (non-hydrogen) atoms. The number of hydrogen-bond acceptors (Lipinski definition) is 1. The van der Waals surface area contributed by atoms with Crippen molar-refractivity contribution in [2.24, 2.45) is 0 Å². The van der Waals surface area contributed by atoms with Gasteiger partial charge in [-0.1, -0.05) is 18.2 Å². The van der Waals surface area contributed by atoms with Crippen LogP contribution in [0.4, 0.5) is 0 Å². The van der Waals surface area contributed by atoms with Crippen LogP contribution in [-0.4, -0.2) is 17.6 Å². The van der Waals surface area contributed by atoms with Crippen LogP contribution in [0.3, 0.4) is 0 Å². The second kappa shape index (κ2) is 3.95. The summed E-state index contributed by atoms with van der Waals surface area (Å²) < 4.78 is 0. The minimum atomic E-state index is 0.811. The summed E-state index contributed by atoms with van der Waals surface area (Å²) >= 11 is 0. The summed E-state index contributed by atoms with van der Waals surface area (Å²) in [5, 5.41) is 4.96. The molecule has 1 aliphatic carbocycles. The molecule has 1 heterocycles. The fraction of sp³-hybridized carbons (Fsp3) is 0.429. The smallest absolute Gasteiger partial charge is 0.0458 e. The third-order valence-electron chi connectivity index (χ3n) is 3.41. The number of benzene rings is 1. The van der Waals surface area contributed by atoms with E-state index in [9.17, 15) is 0 Å². The maximum Gasteiger partial charge on any atom is 0.0458 e. The van der Waals surface area contributed by atoms with E-state index in [1.807, 2.05) is 0 Å². The third kappa shape index (κ3) is 1.85. The van der Waals surface area contributed by atoms with E-state index in [2.05, 4.69) is 41.5 Å². The largest absolute Gasteiger partial charge is 0.358 e.